The zero-order valence-electron chi connectivity index (χ0n) is 10.1. The molecule has 90 valence electrons. The summed E-state index contributed by atoms with van der Waals surface area (Å²) in [4.78, 5) is 4.24. The standard InChI is InChI=1S/C12H16N4S/c1-3-4-14-12(11-8-15-17-16-11)10-5-9(2)6-13-7-10/h5-8,12,14H,3-4H2,1-2H3. The van der Waals surface area contributed by atoms with Gasteiger partial charge in [-0.25, -0.2) is 0 Å². The van der Waals surface area contributed by atoms with E-state index in [1.165, 1.54) is 11.7 Å². The van der Waals surface area contributed by atoms with Gasteiger partial charge in [0.15, 0.2) is 0 Å². The highest BCUT2D eigenvalue weighted by molar-refractivity contribution is 6.99. The summed E-state index contributed by atoms with van der Waals surface area (Å²) in [6.07, 6.45) is 6.66. The highest BCUT2D eigenvalue weighted by Crippen LogP contribution is 2.20. The first kappa shape index (κ1) is 12.1. The van der Waals surface area contributed by atoms with E-state index in [0.717, 1.165) is 29.8 Å². The van der Waals surface area contributed by atoms with Crippen LogP contribution in [0.2, 0.25) is 0 Å². The molecule has 17 heavy (non-hydrogen) atoms. The van der Waals surface area contributed by atoms with E-state index in [0.29, 0.717) is 0 Å². The van der Waals surface area contributed by atoms with E-state index in [2.05, 4.69) is 32.0 Å². The molecule has 4 nitrogen and oxygen atoms in total. The first-order valence-electron chi connectivity index (χ1n) is 5.73. The molecule has 1 N–H and O–H groups in total. The molecule has 0 radical (unpaired) electrons. The van der Waals surface area contributed by atoms with Gasteiger partial charge in [-0.05, 0) is 31.0 Å². The van der Waals surface area contributed by atoms with E-state index < -0.39 is 0 Å². The smallest absolute Gasteiger partial charge is 0.0958 e. The predicted molar refractivity (Wildman–Crippen MR) is 69.0 cm³/mol. The molecule has 1 unspecified atom stereocenters. The van der Waals surface area contributed by atoms with Crippen LogP contribution in [0, 0.1) is 6.92 Å². The van der Waals surface area contributed by atoms with Crippen molar-refractivity contribution in [3.63, 3.8) is 0 Å². The third-order valence-corrected chi connectivity index (χ3v) is 2.99. The van der Waals surface area contributed by atoms with Gasteiger partial charge < -0.3 is 5.32 Å². The number of nitrogens with one attached hydrogen (secondary N) is 1. The first-order valence-corrected chi connectivity index (χ1v) is 6.46. The second kappa shape index (κ2) is 5.84. The van der Waals surface area contributed by atoms with Crippen molar-refractivity contribution in [3.05, 3.63) is 41.5 Å². The predicted octanol–water partition coefficient (Wildman–Crippen LogP) is 2.33. The van der Waals surface area contributed by atoms with Gasteiger partial charge in [0.25, 0.3) is 0 Å². The lowest BCUT2D eigenvalue weighted by atomic mass is 10.0. The largest absolute Gasteiger partial charge is 0.305 e. The lowest BCUT2D eigenvalue weighted by Crippen LogP contribution is -2.23. The molecule has 0 saturated heterocycles. The lowest BCUT2D eigenvalue weighted by molar-refractivity contribution is 0.588. The van der Waals surface area contributed by atoms with Crippen LogP contribution in [0.3, 0.4) is 0 Å². The fourth-order valence-electron chi connectivity index (χ4n) is 1.72. The van der Waals surface area contributed by atoms with Crippen molar-refractivity contribution in [2.24, 2.45) is 0 Å². The van der Waals surface area contributed by atoms with Gasteiger partial charge in [-0.1, -0.05) is 13.0 Å². The van der Waals surface area contributed by atoms with Crippen molar-refractivity contribution in [3.8, 4) is 0 Å². The van der Waals surface area contributed by atoms with E-state index in [4.69, 9.17) is 0 Å². The van der Waals surface area contributed by atoms with Gasteiger partial charge in [0, 0.05) is 12.4 Å². The second-order valence-electron chi connectivity index (χ2n) is 4.02. The Kier molecular flexibility index (Phi) is 4.17. The van der Waals surface area contributed by atoms with Crippen molar-refractivity contribution >= 4 is 11.7 Å². The maximum atomic E-state index is 4.32. The van der Waals surface area contributed by atoms with E-state index >= 15 is 0 Å². The van der Waals surface area contributed by atoms with Crippen LogP contribution >= 0.6 is 11.7 Å². The Balaban J connectivity index is 2.27. The molecule has 0 spiro atoms. The first-order chi connectivity index (χ1) is 8.31. The Morgan fingerprint density at radius 1 is 1.35 bits per heavy atom. The molecule has 2 aromatic heterocycles. The third kappa shape index (κ3) is 3.08. The van der Waals surface area contributed by atoms with Crippen LogP contribution in [-0.4, -0.2) is 20.3 Å². The molecule has 0 amide bonds. The Morgan fingerprint density at radius 3 is 2.88 bits per heavy atom. The van der Waals surface area contributed by atoms with Crippen LogP contribution in [-0.2, 0) is 0 Å². The Hall–Kier alpha value is -1.33. The molecule has 0 bridgehead atoms. The van der Waals surface area contributed by atoms with Crippen LogP contribution in [0.5, 0.6) is 0 Å². The van der Waals surface area contributed by atoms with Crippen LogP contribution < -0.4 is 5.32 Å². The molecular formula is C12H16N4S. The number of pyridine rings is 1. The molecule has 0 aliphatic heterocycles. The molecule has 0 aliphatic carbocycles. The molecule has 0 saturated carbocycles. The number of rotatable bonds is 5. The van der Waals surface area contributed by atoms with Crippen molar-refractivity contribution in [1.82, 2.24) is 19.0 Å². The summed E-state index contributed by atoms with van der Waals surface area (Å²) < 4.78 is 8.39. The number of hydrogen-bond donors (Lipinski definition) is 1. The fourth-order valence-corrected chi connectivity index (χ4v) is 2.17. The van der Waals surface area contributed by atoms with Crippen molar-refractivity contribution < 1.29 is 0 Å². The van der Waals surface area contributed by atoms with E-state index in [-0.39, 0.29) is 6.04 Å². The number of hydrogen-bond acceptors (Lipinski definition) is 5. The summed E-state index contributed by atoms with van der Waals surface area (Å²) in [5.74, 6) is 0. The monoisotopic (exact) mass is 248 g/mol. The normalized spacial score (nSPS) is 12.6. The van der Waals surface area contributed by atoms with E-state index in [9.17, 15) is 0 Å². The van der Waals surface area contributed by atoms with Crippen molar-refractivity contribution in [2.45, 2.75) is 26.3 Å². The minimum atomic E-state index is 0.0982. The van der Waals surface area contributed by atoms with Gasteiger partial charge in [0.05, 0.1) is 29.7 Å². The highest BCUT2D eigenvalue weighted by atomic mass is 32.1. The van der Waals surface area contributed by atoms with Crippen molar-refractivity contribution in [2.75, 3.05) is 6.54 Å². The van der Waals surface area contributed by atoms with Crippen LogP contribution in [0.1, 0.15) is 36.2 Å². The lowest BCUT2D eigenvalue weighted by Gasteiger charge is -2.16. The maximum Gasteiger partial charge on any atom is 0.0958 e. The maximum absolute atomic E-state index is 4.32. The van der Waals surface area contributed by atoms with Crippen LogP contribution in [0.4, 0.5) is 0 Å². The topological polar surface area (TPSA) is 50.7 Å². The molecular weight excluding hydrogens is 232 g/mol. The van der Waals surface area contributed by atoms with Gasteiger partial charge in [0.1, 0.15) is 0 Å². The molecule has 0 fully saturated rings. The molecule has 0 aromatic carbocycles. The Labute approximate surface area is 105 Å². The molecule has 0 aliphatic rings. The van der Waals surface area contributed by atoms with E-state index in [1.54, 1.807) is 0 Å². The van der Waals surface area contributed by atoms with E-state index in [1.807, 2.05) is 25.5 Å². The zero-order valence-corrected chi connectivity index (χ0v) is 10.9. The van der Waals surface area contributed by atoms with Gasteiger partial charge in [-0.3, -0.25) is 4.98 Å². The number of aromatic nitrogens is 3. The van der Waals surface area contributed by atoms with Crippen LogP contribution in [0.15, 0.2) is 24.7 Å². The molecule has 1 atom stereocenters. The molecule has 5 heteroatoms. The average molecular weight is 248 g/mol. The summed E-state index contributed by atoms with van der Waals surface area (Å²) in [5.41, 5.74) is 3.27. The quantitative estimate of drug-likeness (QED) is 0.882. The third-order valence-electron chi connectivity index (χ3n) is 2.50. The molecule has 2 heterocycles. The summed E-state index contributed by atoms with van der Waals surface area (Å²) in [6, 6.07) is 2.24. The summed E-state index contributed by atoms with van der Waals surface area (Å²) in [7, 11) is 0. The second-order valence-corrected chi connectivity index (χ2v) is 4.57. The molecule has 2 rings (SSSR count). The Morgan fingerprint density at radius 2 is 2.24 bits per heavy atom. The van der Waals surface area contributed by atoms with Gasteiger partial charge >= 0.3 is 0 Å². The SMILES string of the molecule is CCCNC(c1cncc(C)c1)c1cnsn1. The minimum absolute atomic E-state index is 0.0982. The number of nitrogens with zero attached hydrogens (tertiary/aromatic N) is 3. The van der Waals surface area contributed by atoms with Crippen LogP contribution in [0.25, 0.3) is 0 Å². The fraction of sp³-hybridized carbons (Fsp3) is 0.417. The van der Waals surface area contributed by atoms with Gasteiger partial charge in [-0.15, -0.1) is 0 Å². The average Bonchev–Trinajstić information content (AvgIpc) is 2.83. The highest BCUT2D eigenvalue weighted by Gasteiger charge is 2.16. The summed E-state index contributed by atoms with van der Waals surface area (Å²) in [5, 5.41) is 3.48. The zero-order chi connectivity index (χ0) is 12.1. The minimum Gasteiger partial charge on any atom is -0.305 e. The summed E-state index contributed by atoms with van der Waals surface area (Å²) >= 11 is 1.24. The van der Waals surface area contributed by atoms with Crippen molar-refractivity contribution in [1.29, 1.82) is 0 Å². The van der Waals surface area contributed by atoms with Gasteiger partial charge in [0.2, 0.25) is 0 Å². The number of aryl methyl sites for hydroxylation is 1. The Bertz CT molecular complexity index is 455. The summed E-state index contributed by atoms with van der Waals surface area (Å²) in [6.45, 7) is 5.15. The van der Waals surface area contributed by atoms with Gasteiger partial charge in [-0.2, -0.15) is 8.75 Å². The molecule has 2 aromatic rings.